The Balaban J connectivity index is 2.56. The van der Waals surface area contributed by atoms with Crippen molar-refractivity contribution in [2.24, 2.45) is 5.73 Å². The summed E-state index contributed by atoms with van der Waals surface area (Å²) in [6.45, 7) is 5.92. The van der Waals surface area contributed by atoms with Gasteiger partial charge in [0.1, 0.15) is 6.04 Å². The molecule has 4 nitrogen and oxygen atoms in total. The number of carbonyl (C=O) groups excluding carboxylic acids is 1. The molecule has 0 aromatic heterocycles. The van der Waals surface area contributed by atoms with Crippen molar-refractivity contribution in [1.82, 2.24) is 5.32 Å². The fourth-order valence-corrected chi connectivity index (χ4v) is 1.94. The molecule has 4 N–H and O–H groups in total. The van der Waals surface area contributed by atoms with Crippen LogP contribution >= 0.6 is 0 Å². The first-order chi connectivity index (χ1) is 8.85. The summed E-state index contributed by atoms with van der Waals surface area (Å²) in [6.07, 6.45) is 1.51. The number of rotatable bonds is 6. The summed E-state index contributed by atoms with van der Waals surface area (Å²) in [6, 6.07) is 6.86. The number of nitrogens with one attached hydrogen (secondary N) is 1. The van der Waals surface area contributed by atoms with E-state index in [0.29, 0.717) is 6.42 Å². The lowest BCUT2D eigenvalue weighted by molar-refractivity contribution is -0.123. The Kier molecular flexibility index (Phi) is 5.51. The highest BCUT2D eigenvalue weighted by Crippen LogP contribution is 2.13. The van der Waals surface area contributed by atoms with Gasteiger partial charge < -0.3 is 16.2 Å². The number of carbonyl (C=O) groups is 1. The highest BCUT2D eigenvalue weighted by atomic mass is 16.3. The Hall–Kier alpha value is -1.39. The number of aliphatic hydroxyl groups is 1. The molecule has 1 amide bonds. The summed E-state index contributed by atoms with van der Waals surface area (Å²) >= 11 is 0. The van der Waals surface area contributed by atoms with Crippen LogP contribution in [0, 0.1) is 6.92 Å². The molecule has 1 rings (SSSR count). The van der Waals surface area contributed by atoms with E-state index in [2.05, 4.69) is 5.32 Å². The van der Waals surface area contributed by atoms with Crippen LogP contribution in [-0.4, -0.2) is 23.2 Å². The van der Waals surface area contributed by atoms with Crippen molar-refractivity contribution in [2.45, 2.75) is 45.3 Å². The quantitative estimate of drug-likeness (QED) is 0.731. The first-order valence-electron chi connectivity index (χ1n) is 6.68. The number of hydrogen-bond donors (Lipinski definition) is 3. The molecule has 19 heavy (non-hydrogen) atoms. The molecule has 0 aliphatic heterocycles. The van der Waals surface area contributed by atoms with E-state index in [1.54, 1.807) is 6.92 Å². The predicted molar refractivity (Wildman–Crippen MR) is 76.6 cm³/mol. The number of benzene rings is 1. The van der Waals surface area contributed by atoms with Crippen LogP contribution in [0.15, 0.2) is 24.3 Å². The van der Waals surface area contributed by atoms with E-state index >= 15 is 0 Å². The van der Waals surface area contributed by atoms with Gasteiger partial charge in [0.2, 0.25) is 5.91 Å². The lowest BCUT2D eigenvalue weighted by atomic mass is 10.00. The van der Waals surface area contributed by atoms with Crippen LogP contribution in [0.4, 0.5) is 0 Å². The molecule has 0 saturated heterocycles. The highest BCUT2D eigenvalue weighted by Gasteiger charge is 2.22. The van der Waals surface area contributed by atoms with Gasteiger partial charge in [-0.05, 0) is 25.8 Å². The fraction of sp³-hybridized carbons (Fsp3) is 0.533. The van der Waals surface area contributed by atoms with Crippen molar-refractivity contribution in [2.75, 3.05) is 6.54 Å². The molecular formula is C15H24N2O2. The monoisotopic (exact) mass is 264 g/mol. The van der Waals surface area contributed by atoms with E-state index in [9.17, 15) is 9.90 Å². The van der Waals surface area contributed by atoms with Gasteiger partial charge in [-0.2, -0.15) is 0 Å². The van der Waals surface area contributed by atoms with Crippen LogP contribution in [-0.2, 0) is 4.79 Å². The van der Waals surface area contributed by atoms with Crippen molar-refractivity contribution in [3.8, 4) is 0 Å². The summed E-state index contributed by atoms with van der Waals surface area (Å²) in [5.74, 6) is -0.264. The molecule has 1 aromatic rings. The van der Waals surface area contributed by atoms with Gasteiger partial charge in [-0.15, -0.1) is 0 Å². The van der Waals surface area contributed by atoms with Crippen molar-refractivity contribution < 1.29 is 9.90 Å². The maximum atomic E-state index is 11.9. The zero-order valence-electron chi connectivity index (χ0n) is 11.9. The van der Waals surface area contributed by atoms with Crippen LogP contribution in [0.1, 0.15) is 43.9 Å². The largest absolute Gasteiger partial charge is 0.388 e. The van der Waals surface area contributed by atoms with Crippen LogP contribution in [0.5, 0.6) is 0 Å². The van der Waals surface area contributed by atoms with Gasteiger partial charge >= 0.3 is 0 Å². The zero-order chi connectivity index (χ0) is 14.5. The Morgan fingerprint density at radius 2 is 2.00 bits per heavy atom. The summed E-state index contributed by atoms with van der Waals surface area (Å²) in [5, 5.41) is 12.7. The van der Waals surface area contributed by atoms with Gasteiger partial charge in [-0.3, -0.25) is 4.79 Å². The molecular weight excluding hydrogens is 240 g/mol. The molecule has 0 spiro atoms. The van der Waals surface area contributed by atoms with Crippen molar-refractivity contribution in [3.05, 3.63) is 35.4 Å². The van der Waals surface area contributed by atoms with E-state index in [-0.39, 0.29) is 12.5 Å². The Morgan fingerprint density at radius 3 is 2.53 bits per heavy atom. The first kappa shape index (κ1) is 15.7. The molecule has 0 aliphatic rings. The third kappa shape index (κ3) is 5.01. The molecule has 2 unspecified atom stereocenters. The third-order valence-electron chi connectivity index (χ3n) is 3.15. The predicted octanol–water partition coefficient (Wildman–Crippen LogP) is 1.66. The smallest absolute Gasteiger partial charge is 0.241 e. The minimum atomic E-state index is -0.878. The van der Waals surface area contributed by atoms with Gasteiger partial charge in [0.05, 0.1) is 5.60 Å². The fourth-order valence-electron chi connectivity index (χ4n) is 1.94. The van der Waals surface area contributed by atoms with Crippen molar-refractivity contribution in [1.29, 1.82) is 0 Å². The van der Waals surface area contributed by atoms with Crippen LogP contribution < -0.4 is 11.1 Å². The Morgan fingerprint density at radius 1 is 1.42 bits per heavy atom. The Labute approximate surface area is 115 Å². The third-order valence-corrected chi connectivity index (χ3v) is 3.15. The van der Waals surface area contributed by atoms with E-state index in [4.69, 9.17) is 5.73 Å². The van der Waals surface area contributed by atoms with Gasteiger partial charge in [0.15, 0.2) is 0 Å². The van der Waals surface area contributed by atoms with Gasteiger partial charge in [0.25, 0.3) is 0 Å². The number of amides is 1. The molecule has 4 heteroatoms. The normalized spacial score (nSPS) is 15.6. The average Bonchev–Trinajstić information content (AvgIpc) is 2.36. The standard InChI is InChI=1S/C15H24N2O2/c1-4-9-15(3,19)10-17-14(18)13(16)12-7-5-11(2)6-8-12/h5-8,13,19H,4,9-10,16H2,1-3H3,(H,17,18). The van der Waals surface area contributed by atoms with E-state index in [0.717, 1.165) is 17.5 Å². The van der Waals surface area contributed by atoms with Crippen LogP contribution in [0.2, 0.25) is 0 Å². The molecule has 0 aliphatic carbocycles. The SMILES string of the molecule is CCCC(C)(O)CNC(=O)C(N)c1ccc(C)cc1. The average molecular weight is 264 g/mol. The minimum absolute atomic E-state index is 0.221. The molecule has 0 radical (unpaired) electrons. The number of aryl methyl sites for hydroxylation is 1. The first-order valence-corrected chi connectivity index (χ1v) is 6.68. The zero-order valence-corrected chi connectivity index (χ0v) is 11.9. The van der Waals surface area contributed by atoms with E-state index in [1.165, 1.54) is 0 Å². The van der Waals surface area contributed by atoms with Crippen LogP contribution in [0.3, 0.4) is 0 Å². The molecule has 106 valence electrons. The summed E-state index contributed by atoms with van der Waals surface area (Å²) in [4.78, 5) is 11.9. The van der Waals surface area contributed by atoms with Crippen LogP contribution in [0.25, 0.3) is 0 Å². The maximum absolute atomic E-state index is 11.9. The second-order valence-electron chi connectivity index (χ2n) is 5.35. The minimum Gasteiger partial charge on any atom is -0.388 e. The maximum Gasteiger partial charge on any atom is 0.241 e. The van der Waals surface area contributed by atoms with Crippen molar-refractivity contribution >= 4 is 5.91 Å². The molecule has 0 fully saturated rings. The molecule has 0 saturated carbocycles. The van der Waals surface area contributed by atoms with E-state index in [1.807, 2.05) is 38.1 Å². The molecule has 1 aromatic carbocycles. The number of hydrogen-bond acceptors (Lipinski definition) is 3. The topological polar surface area (TPSA) is 75.3 Å². The molecule has 0 bridgehead atoms. The summed E-state index contributed by atoms with van der Waals surface area (Å²) in [5.41, 5.74) is 6.92. The lowest BCUT2D eigenvalue weighted by Gasteiger charge is -2.24. The lowest BCUT2D eigenvalue weighted by Crippen LogP contribution is -2.43. The van der Waals surface area contributed by atoms with Crippen molar-refractivity contribution in [3.63, 3.8) is 0 Å². The second-order valence-corrected chi connectivity index (χ2v) is 5.35. The van der Waals surface area contributed by atoms with Gasteiger partial charge in [-0.1, -0.05) is 43.2 Å². The second kappa shape index (κ2) is 6.68. The summed E-state index contributed by atoms with van der Waals surface area (Å²) in [7, 11) is 0. The molecule has 0 heterocycles. The van der Waals surface area contributed by atoms with Gasteiger partial charge in [-0.25, -0.2) is 0 Å². The number of nitrogens with two attached hydrogens (primary N) is 1. The molecule has 2 atom stereocenters. The summed E-state index contributed by atoms with van der Waals surface area (Å²) < 4.78 is 0. The highest BCUT2D eigenvalue weighted by molar-refractivity contribution is 5.82. The van der Waals surface area contributed by atoms with Gasteiger partial charge in [0, 0.05) is 6.54 Å². The van der Waals surface area contributed by atoms with E-state index < -0.39 is 11.6 Å². The Bertz CT molecular complexity index is 413.